The zero-order valence-corrected chi connectivity index (χ0v) is 15.6. The second-order valence-corrected chi connectivity index (χ2v) is 7.65. The quantitative estimate of drug-likeness (QED) is 0.355. The summed E-state index contributed by atoms with van der Waals surface area (Å²) in [4.78, 5) is 14.9. The molecule has 4 aromatic rings. The number of aromatic nitrogens is 1. The Morgan fingerprint density at radius 3 is 2.56 bits per heavy atom. The molecule has 0 fully saturated rings. The molecule has 7 heteroatoms. The van der Waals surface area contributed by atoms with Crippen molar-refractivity contribution in [2.45, 2.75) is 6.42 Å². The molecular weight excluding hydrogens is 382 g/mol. The van der Waals surface area contributed by atoms with Gasteiger partial charge in [0, 0.05) is 22.7 Å². The number of nitrogens with two attached hydrogens (primary N) is 1. The van der Waals surface area contributed by atoms with Crippen molar-refractivity contribution >= 4 is 44.0 Å². The lowest BCUT2D eigenvalue weighted by atomic mass is 9.98. The van der Waals surface area contributed by atoms with Crippen molar-refractivity contribution in [2.75, 3.05) is 5.73 Å². The van der Waals surface area contributed by atoms with Gasteiger partial charge in [0.1, 0.15) is 0 Å². The minimum Gasteiger partial charge on any atom is -0.375 e. The lowest BCUT2D eigenvalue weighted by molar-refractivity contribution is -0.384. The third kappa shape index (κ3) is 3.63. The summed E-state index contributed by atoms with van der Waals surface area (Å²) >= 11 is 7.60. The van der Waals surface area contributed by atoms with Crippen LogP contribution in [0.4, 0.5) is 10.8 Å². The fraction of sp³-hybridized carbons (Fsp3) is 0.0500. The topological polar surface area (TPSA) is 82.0 Å². The van der Waals surface area contributed by atoms with Crippen LogP contribution in [0.1, 0.15) is 11.1 Å². The van der Waals surface area contributed by atoms with Crippen molar-refractivity contribution in [3.63, 3.8) is 0 Å². The SMILES string of the molecule is Nc1nc2c(-c3cccc(Cl)c3)cc(Cc3ccc([N+](=O)[O-])cc3)cc2s1. The number of nitro benzene ring substituents is 1. The lowest BCUT2D eigenvalue weighted by Gasteiger charge is -2.08. The zero-order chi connectivity index (χ0) is 19.0. The maximum absolute atomic E-state index is 10.8. The second-order valence-electron chi connectivity index (χ2n) is 6.15. The minimum atomic E-state index is -0.396. The van der Waals surface area contributed by atoms with E-state index < -0.39 is 4.92 Å². The van der Waals surface area contributed by atoms with Crippen molar-refractivity contribution in [2.24, 2.45) is 0 Å². The molecule has 134 valence electrons. The molecule has 0 atom stereocenters. The highest BCUT2D eigenvalue weighted by molar-refractivity contribution is 7.22. The third-order valence-corrected chi connectivity index (χ3v) is 5.33. The van der Waals surface area contributed by atoms with Crippen molar-refractivity contribution in [3.05, 3.63) is 86.9 Å². The number of anilines is 1. The van der Waals surface area contributed by atoms with E-state index in [1.807, 2.05) is 24.3 Å². The standard InChI is InChI=1S/C20H14ClN3O2S/c21-15-3-1-2-14(11-15)17-9-13(10-18-19(17)23-20(22)27-18)8-12-4-6-16(7-5-12)24(25)26/h1-7,9-11H,8H2,(H2,22,23). The van der Waals surface area contributed by atoms with Gasteiger partial charge >= 0.3 is 0 Å². The Morgan fingerprint density at radius 2 is 1.85 bits per heavy atom. The summed E-state index contributed by atoms with van der Waals surface area (Å²) in [6.07, 6.45) is 0.652. The summed E-state index contributed by atoms with van der Waals surface area (Å²) in [7, 11) is 0. The van der Waals surface area contributed by atoms with Crippen molar-refractivity contribution in [3.8, 4) is 11.1 Å². The number of benzene rings is 3. The number of hydrogen-bond acceptors (Lipinski definition) is 5. The van der Waals surface area contributed by atoms with E-state index in [2.05, 4.69) is 17.1 Å². The predicted octanol–water partition coefficient (Wildman–Crippen LogP) is 5.70. The number of halogens is 1. The van der Waals surface area contributed by atoms with Crippen molar-refractivity contribution in [1.29, 1.82) is 0 Å². The number of fused-ring (bicyclic) bond motifs is 1. The Hall–Kier alpha value is -2.96. The van der Waals surface area contributed by atoms with E-state index in [-0.39, 0.29) is 5.69 Å². The molecule has 0 bridgehead atoms. The maximum Gasteiger partial charge on any atom is 0.269 e. The number of rotatable bonds is 4. The van der Waals surface area contributed by atoms with Gasteiger partial charge in [-0.25, -0.2) is 4.98 Å². The fourth-order valence-corrected chi connectivity index (χ4v) is 4.07. The largest absolute Gasteiger partial charge is 0.375 e. The first-order valence-electron chi connectivity index (χ1n) is 8.18. The summed E-state index contributed by atoms with van der Waals surface area (Å²) in [6.45, 7) is 0. The van der Waals surface area contributed by atoms with Gasteiger partial charge < -0.3 is 5.73 Å². The van der Waals surface area contributed by atoms with E-state index >= 15 is 0 Å². The molecule has 1 aromatic heterocycles. The van der Waals surface area contributed by atoms with Crippen molar-refractivity contribution in [1.82, 2.24) is 4.98 Å². The van der Waals surface area contributed by atoms with Gasteiger partial charge in [0.05, 0.1) is 15.1 Å². The van der Waals surface area contributed by atoms with Crippen LogP contribution in [0.3, 0.4) is 0 Å². The first kappa shape index (κ1) is 17.5. The van der Waals surface area contributed by atoms with E-state index in [0.717, 1.165) is 32.5 Å². The summed E-state index contributed by atoms with van der Waals surface area (Å²) in [5.74, 6) is 0. The van der Waals surface area contributed by atoms with Crippen LogP contribution in [0.25, 0.3) is 21.3 Å². The molecule has 0 spiro atoms. The minimum absolute atomic E-state index is 0.0871. The molecule has 0 unspecified atom stereocenters. The summed E-state index contributed by atoms with van der Waals surface area (Å²) in [5, 5.41) is 12.0. The number of hydrogen-bond donors (Lipinski definition) is 1. The van der Waals surface area contributed by atoms with Crippen LogP contribution in [0.2, 0.25) is 5.02 Å². The van der Waals surface area contributed by atoms with E-state index in [0.29, 0.717) is 16.6 Å². The summed E-state index contributed by atoms with van der Waals surface area (Å²) in [6, 6.07) is 18.4. The molecule has 0 amide bonds. The van der Waals surface area contributed by atoms with Crippen LogP contribution >= 0.6 is 22.9 Å². The lowest BCUT2D eigenvalue weighted by Crippen LogP contribution is -1.92. The van der Waals surface area contributed by atoms with Crippen LogP contribution in [-0.2, 0) is 6.42 Å². The fourth-order valence-electron chi connectivity index (χ4n) is 3.05. The number of nitrogen functional groups attached to an aromatic ring is 1. The highest BCUT2D eigenvalue weighted by atomic mass is 35.5. The molecule has 0 aliphatic heterocycles. The number of nitrogens with zero attached hydrogens (tertiary/aromatic N) is 2. The number of thiazole rings is 1. The Bertz CT molecular complexity index is 1160. The van der Waals surface area contributed by atoms with E-state index in [9.17, 15) is 10.1 Å². The predicted molar refractivity (Wildman–Crippen MR) is 110 cm³/mol. The second kappa shape index (κ2) is 6.98. The number of nitro groups is 1. The first-order valence-corrected chi connectivity index (χ1v) is 9.37. The molecule has 0 saturated carbocycles. The van der Waals surface area contributed by atoms with E-state index in [1.165, 1.54) is 23.5 Å². The molecule has 4 rings (SSSR count). The molecule has 27 heavy (non-hydrogen) atoms. The summed E-state index contributed by atoms with van der Waals surface area (Å²) < 4.78 is 1.00. The average molecular weight is 396 g/mol. The molecule has 2 N–H and O–H groups in total. The molecule has 1 heterocycles. The van der Waals surface area contributed by atoms with Gasteiger partial charge in [0.15, 0.2) is 5.13 Å². The third-order valence-electron chi connectivity index (χ3n) is 4.26. The smallest absolute Gasteiger partial charge is 0.269 e. The molecule has 0 aliphatic rings. The molecular formula is C20H14ClN3O2S. The molecule has 0 radical (unpaired) electrons. The van der Waals surface area contributed by atoms with E-state index in [4.69, 9.17) is 17.3 Å². The zero-order valence-electron chi connectivity index (χ0n) is 14.1. The van der Waals surface area contributed by atoms with Gasteiger partial charge in [-0.2, -0.15) is 0 Å². The average Bonchev–Trinajstić information content (AvgIpc) is 3.01. The van der Waals surface area contributed by atoms with Gasteiger partial charge in [-0.15, -0.1) is 0 Å². The monoisotopic (exact) mass is 395 g/mol. The van der Waals surface area contributed by atoms with Crippen LogP contribution in [-0.4, -0.2) is 9.91 Å². The first-order chi connectivity index (χ1) is 13.0. The highest BCUT2D eigenvalue weighted by Gasteiger charge is 2.12. The molecule has 5 nitrogen and oxygen atoms in total. The van der Waals surface area contributed by atoms with Gasteiger partial charge in [-0.3, -0.25) is 10.1 Å². The van der Waals surface area contributed by atoms with Gasteiger partial charge in [0.2, 0.25) is 0 Å². The molecule has 0 saturated heterocycles. The highest BCUT2D eigenvalue weighted by Crippen LogP contribution is 2.35. The van der Waals surface area contributed by atoms with E-state index in [1.54, 1.807) is 12.1 Å². The van der Waals surface area contributed by atoms with Crippen LogP contribution in [0.5, 0.6) is 0 Å². The molecule has 0 aliphatic carbocycles. The van der Waals surface area contributed by atoms with Crippen LogP contribution < -0.4 is 5.73 Å². The number of non-ortho nitro benzene ring substituents is 1. The Morgan fingerprint density at radius 1 is 1.07 bits per heavy atom. The van der Waals surface area contributed by atoms with Crippen molar-refractivity contribution < 1.29 is 4.92 Å². The Labute approximate surface area is 164 Å². The Kier molecular flexibility index (Phi) is 4.51. The molecule has 3 aromatic carbocycles. The van der Waals surface area contributed by atoms with Gasteiger partial charge in [0.25, 0.3) is 5.69 Å². The maximum atomic E-state index is 10.8. The van der Waals surface area contributed by atoms with Crippen LogP contribution in [0.15, 0.2) is 60.7 Å². The summed E-state index contributed by atoms with van der Waals surface area (Å²) in [5.41, 5.74) is 10.9. The normalized spacial score (nSPS) is 11.0. The Balaban J connectivity index is 1.78. The van der Waals surface area contributed by atoms with Gasteiger partial charge in [-0.1, -0.05) is 47.2 Å². The van der Waals surface area contributed by atoms with Crippen LogP contribution in [0, 0.1) is 10.1 Å². The van der Waals surface area contributed by atoms with Gasteiger partial charge in [-0.05, 0) is 47.4 Å².